The van der Waals surface area contributed by atoms with Gasteiger partial charge in [-0.25, -0.2) is 9.37 Å². The van der Waals surface area contributed by atoms with Crippen LogP contribution >= 0.6 is 0 Å². The maximum Gasteiger partial charge on any atom is 0.434 e. The molecule has 0 radical (unpaired) electrons. The van der Waals surface area contributed by atoms with E-state index in [1.54, 1.807) is 9.80 Å². The molecule has 170 valence electrons. The Hall–Kier alpha value is -2.91. The number of aliphatic carboxylic acids is 1. The number of nitrogens with zero attached hydrogens (tertiary/aromatic N) is 4. The van der Waals surface area contributed by atoms with Crippen LogP contribution in [-0.2, 0) is 11.0 Å². The zero-order chi connectivity index (χ0) is 22.8. The summed E-state index contributed by atoms with van der Waals surface area (Å²) in [6.45, 7) is 3.38. The van der Waals surface area contributed by atoms with Gasteiger partial charge in [0, 0.05) is 32.1 Å². The smallest absolute Gasteiger partial charge is 0.434 e. The molecule has 3 heterocycles. The molecule has 3 aliphatic rings. The topological polar surface area (TPSA) is 69.6 Å². The molecule has 10 heteroatoms. The highest BCUT2D eigenvalue weighted by molar-refractivity contribution is 5.80. The van der Waals surface area contributed by atoms with Crippen LogP contribution in [0.1, 0.15) is 25.5 Å². The van der Waals surface area contributed by atoms with Crippen LogP contribution in [0, 0.1) is 23.6 Å². The molecule has 0 amide bonds. The van der Waals surface area contributed by atoms with E-state index < -0.39 is 23.7 Å². The highest BCUT2D eigenvalue weighted by Crippen LogP contribution is 2.55. The Balaban J connectivity index is 1.59. The van der Waals surface area contributed by atoms with E-state index in [0.29, 0.717) is 19.6 Å². The van der Waals surface area contributed by atoms with E-state index in [-0.39, 0.29) is 53.1 Å². The first-order valence-corrected chi connectivity index (χ1v) is 10.6. The Morgan fingerprint density at radius 3 is 2.31 bits per heavy atom. The van der Waals surface area contributed by atoms with Crippen LogP contribution in [-0.4, -0.2) is 46.7 Å². The van der Waals surface area contributed by atoms with Gasteiger partial charge in [0.2, 0.25) is 5.95 Å². The van der Waals surface area contributed by atoms with Gasteiger partial charge in [0.1, 0.15) is 11.6 Å². The van der Waals surface area contributed by atoms with E-state index in [1.165, 1.54) is 12.1 Å². The van der Waals surface area contributed by atoms with Crippen molar-refractivity contribution in [2.24, 2.45) is 17.8 Å². The molecule has 5 rings (SSSR count). The number of anilines is 2. The molecule has 2 aliphatic heterocycles. The number of carbonyl (C=O) groups is 1. The normalized spacial score (nSPS) is 26.7. The molecular weight excluding hydrogens is 428 g/mol. The van der Waals surface area contributed by atoms with Crippen LogP contribution in [0.5, 0.6) is 0 Å². The number of rotatable bonds is 5. The first kappa shape index (κ1) is 21.0. The molecule has 0 spiro atoms. The summed E-state index contributed by atoms with van der Waals surface area (Å²) in [4.78, 5) is 23.1. The number of alkyl halides is 3. The average molecular weight is 450 g/mol. The standard InChI is InChI=1S/C22H22F4N4O2/c1-11-6-7-30(11)21-27-19(22(24,25)26)18(12-2-4-13(23)5-3-12)20(28-21)29-9-15-14(8-17(31)32)16(15)10-29/h2-5,11,14-16H,6-10H2,1H3,(H,31,32)/t11-,14?,15-,16+/m0/s1. The predicted octanol–water partition coefficient (Wildman–Crippen LogP) is 4.06. The maximum atomic E-state index is 14.2. The van der Waals surface area contributed by atoms with Crippen molar-refractivity contribution in [1.82, 2.24) is 9.97 Å². The van der Waals surface area contributed by atoms with Gasteiger partial charge in [0.25, 0.3) is 0 Å². The van der Waals surface area contributed by atoms with Crippen LogP contribution in [0.4, 0.5) is 29.3 Å². The second-order valence-electron chi connectivity index (χ2n) is 8.90. The predicted molar refractivity (Wildman–Crippen MR) is 109 cm³/mol. The summed E-state index contributed by atoms with van der Waals surface area (Å²) in [6, 6.07) is 4.91. The van der Waals surface area contributed by atoms with E-state index in [0.717, 1.165) is 18.6 Å². The number of hydrogen-bond donors (Lipinski definition) is 1. The number of hydrogen-bond acceptors (Lipinski definition) is 5. The molecule has 0 bridgehead atoms. The van der Waals surface area contributed by atoms with Crippen molar-refractivity contribution in [3.05, 3.63) is 35.8 Å². The number of fused-ring (bicyclic) bond motifs is 1. The Kier molecular flexibility index (Phi) is 4.79. The van der Waals surface area contributed by atoms with Crippen molar-refractivity contribution in [2.75, 3.05) is 29.4 Å². The monoisotopic (exact) mass is 450 g/mol. The summed E-state index contributed by atoms with van der Waals surface area (Å²) in [5, 5.41) is 9.06. The molecule has 1 saturated carbocycles. The van der Waals surface area contributed by atoms with Gasteiger partial charge in [0.15, 0.2) is 5.69 Å². The van der Waals surface area contributed by atoms with E-state index in [2.05, 4.69) is 9.97 Å². The second-order valence-corrected chi connectivity index (χ2v) is 8.90. The second kappa shape index (κ2) is 7.31. The lowest BCUT2D eigenvalue weighted by molar-refractivity contribution is -0.140. The molecule has 2 aromatic rings. The molecule has 2 saturated heterocycles. The van der Waals surface area contributed by atoms with Crippen LogP contribution < -0.4 is 9.80 Å². The van der Waals surface area contributed by atoms with Gasteiger partial charge >= 0.3 is 12.1 Å². The maximum absolute atomic E-state index is 14.2. The van der Waals surface area contributed by atoms with Gasteiger partial charge in [-0.1, -0.05) is 12.1 Å². The quantitative estimate of drug-likeness (QED) is 0.693. The largest absolute Gasteiger partial charge is 0.481 e. The van der Waals surface area contributed by atoms with E-state index in [1.807, 2.05) is 6.92 Å². The van der Waals surface area contributed by atoms with Crippen molar-refractivity contribution in [2.45, 2.75) is 32.0 Å². The van der Waals surface area contributed by atoms with E-state index in [9.17, 15) is 22.4 Å². The minimum atomic E-state index is -4.72. The lowest BCUT2D eigenvalue weighted by atomic mass is 10.0. The summed E-state index contributed by atoms with van der Waals surface area (Å²) in [7, 11) is 0. The number of aromatic nitrogens is 2. The summed E-state index contributed by atoms with van der Waals surface area (Å²) < 4.78 is 56.0. The van der Waals surface area contributed by atoms with Gasteiger partial charge in [-0.3, -0.25) is 4.79 Å². The molecule has 1 aromatic carbocycles. The average Bonchev–Trinajstić information content (AvgIpc) is 3.14. The first-order chi connectivity index (χ1) is 15.1. The molecule has 4 atom stereocenters. The highest BCUT2D eigenvalue weighted by Gasteiger charge is 2.57. The zero-order valence-electron chi connectivity index (χ0n) is 17.3. The molecule has 1 N–H and O–H groups in total. The summed E-state index contributed by atoms with van der Waals surface area (Å²) in [6.07, 6.45) is -3.80. The van der Waals surface area contributed by atoms with Crippen LogP contribution in [0.3, 0.4) is 0 Å². The third kappa shape index (κ3) is 3.55. The highest BCUT2D eigenvalue weighted by atomic mass is 19.4. The molecule has 32 heavy (non-hydrogen) atoms. The summed E-state index contributed by atoms with van der Waals surface area (Å²) in [5.41, 5.74) is -1.00. The molecule has 3 fully saturated rings. The minimum absolute atomic E-state index is 0.0413. The third-order valence-corrected chi connectivity index (χ3v) is 6.94. The van der Waals surface area contributed by atoms with Crippen LogP contribution in [0.25, 0.3) is 11.1 Å². The Labute approximate surface area is 181 Å². The van der Waals surface area contributed by atoms with Crippen LogP contribution in [0.15, 0.2) is 24.3 Å². The van der Waals surface area contributed by atoms with E-state index >= 15 is 0 Å². The minimum Gasteiger partial charge on any atom is -0.481 e. The van der Waals surface area contributed by atoms with Crippen molar-refractivity contribution in [3.63, 3.8) is 0 Å². The molecule has 1 aromatic heterocycles. The Bertz CT molecular complexity index is 1050. The Morgan fingerprint density at radius 1 is 1.16 bits per heavy atom. The zero-order valence-corrected chi connectivity index (χ0v) is 17.3. The van der Waals surface area contributed by atoms with Crippen LogP contribution in [0.2, 0.25) is 0 Å². The van der Waals surface area contributed by atoms with Gasteiger partial charge < -0.3 is 14.9 Å². The van der Waals surface area contributed by atoms with Gasteiger partial charge in [-0.05, 0) is 48.8 Å². The van der Waals surface area contributed by atoms with Gasteiger partial charge in [0.05, 0.1) is 5.56 Å². The van der Waals surface area contributed by atoms with Gasteiger partial charge in [-0.2, -0.15) is 18.2 Å². The fourth-order valence-electron chi connectivity index (χ4n) is 5.02. The number of carboxylic acid groups (broad SMARTS) is 1. The van der Waals surface area contributed by atoms with Crippen molar-refractivity contribution < 1.29 is 27.5 Å². The van der Waals surface area contributed by atoms with Crippen molar-refractivity contribution in [3.8, 4) is 11.1 Å². The third-order valence-electron chi connectivity index (χ3n) is 6.94. The van der Waals surface area contributed by atoms with Crippen molar-refractivity contribution in [1.29, 1.82) is 0 Å². The van der Waals surface area contributed by atoms with Crippen molar-refractivity contribution >= 4 is 17.7 Å². The molecule has 6 nitrogen and oxygen atoms in total. The number of halogens is 4. The van der Waals surface area contributed by atoms with Gasteiger partial charge in [-0.15, -0.1) is 0 Å². The number of piperidine rings is 1. The fourth-order valence-corrected chi connectivity index (χ4v) is 5.02. The molecule has 1 aliphatic carbocycles. The Morgan fingerprint density at radius 2 is 1.81 bits per heavy atom. The lowest BCUT2D eigenvalue weighted by Gasteiger charge is -2.39. The summed E-state index contributed by atoms with van der Waals surface area (Å²) in [5.74, 6) is -0.885. The summed E-state index contributed by atoms with van der Waals surface area (Å²) >= 11 is 0. The van der Waals surface area contributed by atoms with E-state index in [4.69, 9.17) is 5.11 Å². The molecule has 1 unspecified atom stereocenters. The SMILES string of the molecule is C[C@H]1CCN1c1nc(N2C[C@@H]3C(CC(=O)O)[C@@H]3C2)c(-c2ccc(F)cc2)c(C(F)(F)F)n1. The first-order valence-electron chi connectivity index (χ1n) is 10.6. The number of benzene rings is 1. The fraction of sp³-hybridized carbons (Fsp3) is 0.500. The molecular formula is C22H22F4N4O2. The lowest BCUT2D eigenvalue weighted by Crippen LogP contribution is -2.47. The number of carboxylic acids is 1.